The largest absolute Gasteiger partial charge is 0.327 e. The maximum absolute atomic E-state index is 13.0. The van der Waals surface area contributed by atoms with Crippen LogP contribution in [0.15, 0.2) is 24.3 Å². The lowest BCUT2D eigenvalue weighted by Crippen LogP contribution is -2.36. The highest BCUT2D eigenvalue weighted by molar-refractivity contribution is 6.23. The molecule has 1 aliphatic rings. The molecule has 1 heterocycles. The molecule has 0 saturated carbocycles. The standard InChI is InChI=1S/C17H20FNO3/c1-10(2)8-14-16(21)15(11(3)20)17(22)19(14)9-12-4-6-13(18)7-5-12/h4-7,10,14-15H,8-9H2,1-3H3. The molecule has 1 aromatic carbocycles. The van der Waals surface area contributed by atoms with Crippen molar-refractivity contribution in [3.8, 4) is 0 Å². The smallest absolute Gasteiger partial charge is 0.241 e. The number of benzene rings is 1. The minimum Gasteiger partial charge on any atom is -0.327 e. The first-order valence-corrected chi connectivity index (χ1v) is 7.40. The second kappa shape index (κ2) is 6.38. The molecular weight excluding hydrogens is 285 g/mol. The zero-order chi connectivity index (χ0) is 16.4. The van der Waals surface area contributed by atoms with Gasteiger partial charge in [0.15, 0.2) is 11.7 Å². The normalized spacial score (nSPS) is 21.8. The first-order chi connectivity index (χ1) is 10.3. The number of hydrogen-bond donors (Lipinski definition) is 0. The van der Waals surface area contributed by atoms with Crippen LogP contribution in [-0.2, 0) is 20.9 Å². The third-order valence-corrected chi connectivity index (χ3v) is 3.89. The molecule has 118 valence electrons. The van der Waals surface area contributed by atoms with E-state index in [-0.39, 0.29) is 24.1 Å². The van der Waals surface area contributed by atoms with Gasteiger partial charge in [0.05, 0.1) is 6.04 Å². The summed E-state index contributed by atoms with van der Waals surface area (Å²) >= 11 is 0. The number of ketones is 2. The molecule has 0 aromatic heterocycles. The number of likely N-dealkylation sites (tertiary alicyclic amines) is 1. The minimum atomic E-state index is -1.18. The van der Waals surface area contributed by atoms with Crippen molar-refractivity contribution in [2.75, 3.05) is 0 Å². The molecule has 1 fully saturated rings. The Morgan fingerprint density at radius 1 is 1.23 bits per heavy atom. The summed E-state index contributed by atoms with van der Waals surface area (Å²) in [6, 6.07) is 5.22. The monoisotopic (exact) mass is 305 g/mol. The summed E-state index contributed by atoms with van der Waals surface area (Å²) in [6.45, 7) is 5.42. The lowest BCUT2D eigenvalue weighted by Gasteiger charge is -2.24. The van der Waals surface area contributed by atoms with E-state index in [1.807, 2.05) is 13.8 Å². The topological polar surface area (TPSA) is 54.5 Å². The number of carbonyl (C=O) groups is 3. The first kappa shape index (κ1) is 16.3. The lowest BCUT2D eigenvalue weighted by atomic mass is 9.94. The molecule has 1 aliphatic heterocycles. The van der Waals surface area contributed by atoms with Crippen molar-refractivity contribution in [2.24, 2.45) is 11.8 Å². The molecule has 1 aromatic rings. The maximum Gasteiger partial charge on any atom is 0.241 e. The van der Waals surface area contributed by atoms with Gasteiger partial charge < -0.3 is 4.90 Å². The highest BCUT2D eigenvalue weighted by Gasteiger charge is 2.49. The summed E-state index contributed by atoms with van der Waals surface area (Å²) < 4.78 is 13.0. The summed E-state index contributed by atoms with van der Waals surface area (Å²) in [7, 11) is 0. The third kappa shape index (κ3) is 3.24. The molecule has 2 atom stereocenters. The fourth-order valence-corrected chi connectivity index (χ4v) is 2.83. The van der Waals surface area contributed by atoms with E-state index in [4.69, 9.17) is 0 Å². The van der Waals surface area contributed by atoms with Crippen LogP contribution < -0.4 is 0 Å². The van der Waals surface area contributed by atoms with Gasteiger partial charge in [-0.2, -0.15) is 0 Å². The summed E-state index contributed by atoms with van der Waals surface area (Å²) in [5, 5.41) is 0. The van der Waals surface area contributed by atoms with Crippen molar-refractivity contribution < 1.29 is 18.8 Å². The fourth-order valence-electron chi connectivity index (χ4n) is 2.83. The van der Waals surface area contributed by atoms with Crippen LogP contribution in [0, 0.1) is 17.7 Å². The van der Waals surface area contributed by atoms with Crippen LogP contribution in [0.5, 0.6) is 0 Å². The summed E-state index contributed by atoms with van der Waals surface area (Å²) in [6.07, 6.45) is 0.523. The van der Waals surface area contributed by atoms with Crippen LogP contribution in [0.1, 0.15) is 32.8 Å². The second-order valence-corrected chi connectivity index (χ2v) is 6.18. The zero-order valence-electron chi connectivity index (χ0n) is 13.0. The van der Waals surface area contributed by atoms with E-state index in [0.29, 0.717) is 6.42 Å². The van der Waals surface area contributed by atoms with E-state index in [1.165, 1.54) is 24.0 Å². The number of carbonyl (C=O) groups excluding carboxylic acids is 3. The van der Waals surface area contributed by atoms with E-state index in [9.17, 15) is 18.8 Å². The van der Waals surface area contributed by atoms with Crippen LogP contribution in [0.3, 0.4) is 0 Å². The SMILES string of the molecule is CC(=O)C1C(=O)C(CC(C)C)N(Cc2ccc(F)cc2)C1=O. The summed E-state index contributed by atoms with van der Waals surface area (Å²) in [5.41, 5.74) is 0.737. The Kier molecular flexibility index (Phi) is 4.74. The molecule has 5 heteroatoms. The molecular formula is C17H20FNO3. The van der Waals surface area contributed by atoms with Crippen molar-refractivity contribution in [3.05, 3.63) is 35.6 Å². The molecule has 1 saturated heterocycles. The Morgan fingerprint density at radius 2 is 1.82 bits per heavy atom. The molecule has 0 radical (unpaired) electrons. The Bertz CT molecular complexity index is 594. The van der Waals surface area contributed by atoms with E-state index in [2.05, 4.69) is 0 Å². The van der Waals surface area contributed by atoms with E-state index >= 15 is 0 Å². The molecule has 1 amide bonds. The lowest BCUT2D eigenvalue weighted by molar-refractivity contribution is -0.138. The predicted octanol–water partition coefficient (Wildman–Crippen LogP) is 2.36. The highest BCUT2D eigenvalue weighted by atomic mass is 19.1. The number of rotatable bonds is 5. The highest BCUT2D eigenvalue weighted by Crippen LogP contribution is 2.28. The van der Waals surface area contributed by atoms with Gasteiger partial charge in [0, 0.05) is 6.54 Å². The molecule has 0 aliphatic carbocycles. The average Bonchev–Trinajstić information content (AvgIpc) is 2.65. The van der Waals surface area contributed by atoms with Crippen molar-refractivity contribution in [2.45, 2.75) is 39.8 Å². The van der Waals surface area contributed by atoms with Crippen LogP contribution in [0.2, 0.25) is 0 Å². The van der Waals surface area contributed by atoms with Gasteiger partial charge in [-0.1, -0.05) is 26.0 Å². The van der Waals surface area contributed by atoms with E-state index in [0.717, 1.165) is 5.56 Å². The first-order valence-electron chi connectivity index (χ1n) is 7.40. The quantitative estimate of drug-likeness (QED) is 0.785. The summed E-state index contributed by atoms with van der Waals surface area (Å²) in [5.74, 6) is -2.47. The number of Topliss-reactive ketones (excluding diaryl/α,β-unsaturated/α-hetero) is 2. The molecule has 22 heavy (non-hydrogen) atoms. The number of hydrogen-bond acceptors (Lipinski definition) is 3. The number of nitrogens with zero attached hydrogens (tertiary/aromatic N) is 1. The molecule has 0 N–H and O–H groups in total. The van der Waals surface area contributed by atoms with E-state index < -0.39 is 23.7 Å². The Hall–Kier alpha value is -2.04. The Labute approximate surface area is 129 Å². The molecule has 2 unspecified atom stereocenters. The molecule has 0 spiro atoms. The summed E-state index contributed by atoms with van der Waals surface area (Å²) in [4.78, 5) is 37.9. The fraction of sp³-hybridized carbons (Fsp3) is 0.471. The molecule has 0 bridgehead atoms. The van der Waals surface area contributed by atoms with Crippen molar-refractivity contribution in [1.82, 2.24) is 4.90 Å². The van der Waals surface area contributed by atoms with Crippen LogP contribution in [0.25, 0.3) is 0 Å². The van der Waals surface area contributed by atoms with Crippen LogP contribution in [0.4, 0.5) is 4.39 Å². The Balaban J connectivity index is 2.28. The van der Waals surface area contributed by atoms with E-state index in [1.54, 1.807) is 12.1 Å². The molecule has 4 nitrogen and oxygen atoms in total. The Morgan fingerprint density at radius 3 is 2.32 bits per heavy atom. The molecule has 2 rings (SSSR count). The van der Waals surface area contributed by atoms with Gasteiger partial charge in [0.25, 0.3) is 0 Å². The van der Waals surface area contributed by atoms with Gasteiger partial charge in [-0.3, -0.25) is 14.4 Å². The van der Waals surface area contributed by atoms with Gasteiger partial charge in [-0.25, -0.2) is 4.39 Å². The zero-order valence-corrected chi connectivity index (χ0v) is 13.0. The van der Waals surface area contributed by atoms with Crippen LogP contribution in [-0.4, -0.2) is 28.4 Å². The van der Waals surface area contributed by atoms with Crippen molar-refractivity contribution >= 4 is 17.5 Å². The van der Waals surface area contributed by atoms with Gasteiger partial charge in [-0.05, 0) is 37.0 Å². The van der Waals surface area contributed by atoms with Crippen LogP contribution >= 0.6 is 0 Å². The van der Waals surface area contributed by atoms with Gasteiger partial charge in [0.1, 0.15) is 11.6 Å². The average molecular weight is 305 g/mol. The minimum absolute atomic E-state index is 0.214. The van der Waals surface area contributed by atoms with Gasteiger partial charge >= 0.3 is 0 Å². The van der Waals surface area contributed by atoms with Gasteiger partial charge in [0.2, 0.25) is 5.91 Å². The number of halogens is 1. The van der Waals surface area contributed by atoms with Gasteiger partial charge in [-0.15, -0.1) is 0 Å². The predicted molar refractivity (Wildman–Crippen MR) is 79.4 cm³/mol. The second-order valence-electron chi connectivity index (χ2n) is 6.18. The van der Waals surface area contributed by atoms with Crippen molar-refractivity contribution in [3.63, 3.8) is 0 Å². The third-order valence-electron chi connectivity index (χ3n) is 3.89. The van der Waals surface area contributed by atoms with Crippen molar-refractivity contribution in [1.29, 1.82) is 0 Å². The maximum atomic E-state index is 13.0. The number of amides is 1.